The van der Waals surface area contributed by atoms with Crippen molar-refractivity contribution < 1.29 is 9.47 Å². The molecule has 6 nitrogen and oxygen atoms in total. The summed E-state index contributed by atoms with van der Waals surface area (Å²) in [6.45, 7) is 2.75. The standard InChI is InChI=1S/C33H27BrN4O2S/c1-39-30-11-4-21(14-31(30)40-2)5-12-33-36-27-8-7-26(16-32(27)41-33)35-17-22-3-9-28-23(13-22)18-37-20-38(28)19-24-15-25(34)6-10-29(24)37/h3-17H,18-20H2,1-2H3/b12-5+,35-17?. The number of aliphatic imine (C=N–C) groups is 1. The van der Waals surface area contributed by atoms with Gasteiger partial charge in [-0.05, 0) is 89.0 Å². The summed E-state index contributed by atoms with van der Waals surface area (Å²) in [5, 5.41) is 0.940. The fraction of sp³-hybridized carbons (Fsp3) is 0.152. The number of halogens is 1. The Balaban J connectivity index is 1.08. The number of hydrogen-bond acceptors (Lipinski definition) is 7. The molecule has 2 aliphatic rings. The fourth-order valence-corrected chi connectivity index (χ4v) is 6.82. The molecule has 2 bridgehead atoms. The Morgan fingerprint density at radius 1 is 0.805 bits per heavy atom. The lowest BCUT2D eigenvalue weighted by Crippen LogP contribution is -2.46. The third kappa shape index (κ3) is 5.09. The lowest BCUT2D eigenvalue weighted by molar-refractivity contribution is 0.355. The molecule has 4 aromatic carbocycles. The number of hydrogen-bond donors (Lipinski definition) is 0. The molecular formula is C33H27BrN4O2S. The lowest BCUT2D eigenvalue weighted by atomic mass is 10.0. The molecule has 0 saturated carbocycles. The highest BCUT2D eigenvalue weighted by molar-refractivity contribution is 9.10. The minimum atomic E-state index is 0.706. The Morgan fingerprint density at radius 3 is 2.37 bits per heavy atom. The summed E-state index contributed by atoms with van der Waals surface area (Å²) in [5.41, 5.74) is 9.33. The maximum absolute atomic E-state index is 5.41. The van der Waals surface area contributed by atoms with E-state index in [2.05, 4.69) is 68.2 Å². The fourth-order valence-electron chi connectivity index (χ4n) is 5.51. The van der Waals surface area contributed by atoms with Gasteiger partial charge in [-0.3, -0.25) is 4.99 Å². The molecule has 0 radical (unpaired) electrons. The van der Waals surface area contributed by atoms with Gasteiger partial charge in [-0.1, -0.05) is 34.1 Å². The zero-order valence-corrected chi connectivity index (χ0v) is 25.1. The van der Waals surface area contributed by atoms with E-state index in [0.717, 1.165) is 56.3 Å². The van der Waals surface area contributed by atoms with Crippen LogP contribution in [0.2, 0.25) is 0 Å². The summed E-state index contributed by atoms with van der Waals surface area (Å²) in [6, 6.07) is 25.3. The van der Waals surface area contributed by atoms with Gasteiger partial charge in [-0.2, -0.15) is 0 Å². The first-order chi connectivity index (χ1) is 20.1. The van der Waals surface area contributed by atoms with Crippen LogP contribution in [0.1, 0.15) is 27.3 Å². The summed E-state index contributed by atoms with van der Waals surface area (Å²) in [5.74, 6) is 1.42. The van der Waals surface area contributed by atoms with Crippen LogP contribution in [0.15, 0.2) is 82.3 Å². The Hall–Kier alpha value is -4.14. The third-order valence-electron chi connectivity index (χ3n) is 7.47. The normalized spacial score (nSPS) is 14.1. The van der Waals surface area contributed by atoms with Crippen LogP contribution in [-0.4, -0.2) is 32.1 Å². The largest absolute Gasteiger partial charge is 0.493 e. The van der Waals surface area contributed by atoms with E-state index in [1.165, 1.54) is 22.5 Å². The first-order valence-electron chi connectivity index (χ1n) is 13.3. The summed E-state index contributed by atoms with van der Waals surface area (Å²) in [7, 11) is 3.28. The van der Waals surface area contributed by atoms with Crippen molar-refractivity contribution in [2.45, 2.75) is 13.1 Å². The molecule has 5 aromatic rings. The molecule has 204 valence electrons. The molecule has 0 N–H and O–H groups in total. The second-order valence-corrected chi connectivity index (χ2v) is 12.1. The first-order valence-corrected chi connectivity index (χ1v) is 14.9. The Bertz CT molecular complexity index is 1850. The zero-order chi connectivity index (χ0) is 27.9. The second kappa shape index (κ2) is 10.7. The highest BCUT2D eigenvalue weighted by atomic mass is 79.9. The minimum absolute atomic E-state index is 0.706. The summed E-state index contributed by atoms with van der Waals surface area (Å²) in [4.78, 5) is 14.5. The van der Waals surface area contributed by atoms with Gasteiger partial charge in [-0.25, -0.2) is 4.98 Å². The molecule has 8 heteroatoms. The van der Waals surface area contributed by atoms with E-state index in [-0.39, 0.29) is 0 Å². The molecule has 0 spiro atoms. The summed E-state index contributed by atoms with van der Waals surface area (Å²) in [6.07, 6.45) is 6.02. The Labute approximate surface area is 251 Å². The smallest absolute Gasteiger partial charge is 0.161 e. The SMILES string of the molecule is COc1ccc(/C=C/c2nc3ccc(N=Cc4ccc5c(c4)CN4CN5Cc5cc(Br)ccc54)cc3s2)cc1OC. The number of rotatable bonds is 6. The molecule has 0 unspecified atom stereocenters. The number of aromatic nitrogens is 1. The van der Waals surface area contributed by atoms with Gasteiger partial charge in [0, 0.05) is 35.2 Å². The summed E-state index contributed by atoms with van der Waals surface area (Å²) >= 11 is 5.27. The molecule has 2 aliphatic heterocycles. The van der Waals surface area contributed by atoms with Crippen LogP contribution in [0, 0.1) is 0 Å². The van der Waals surface area contributed by atoms with Crippen molar-refractivity contribution in [3.63, 3.8) is 0 Å². The van der Waals surface area contributed by atoms with Gasteiger partial charge < -0.3 is 19.3 Å². The van der Waals surface area contributed by atoms with E-state index in [9.17, 15) is 0 Å². The number of anilines is 2. The van der Waals surface area contributed by atoms with Crippen LogP contribution in [0.4, 0.5) is 17.1 Å². The van der Waals surface area contributed by atoms with Crippen LogP contribution in [0.3, 0.4) is 0 Å². The molecule has 3 heterocycles. The van der Waals surface area contributed by atoms with Gasteiger partial charge in [0.2, 0.25) is 0 Å². The van der Waals surface area contributed by atoms with Crippen molar-refractivity contribution in [3.05, 3.63) is 105 Å². The quantitative estimate of drug-likeness (QED) is 0.178. The average molecular weight is 624 g/mol. The number of ether oxygens (including phenoxy) is 2. The van der Waals surface area contributed by atoms with Gasteiger partial charge in [0.1, 0.15) is 5.01 Å². The first kappa shape index (κ1) is 25.8. The van der Waals surface area contributed by atoms with Gasteiger partial charge >= 0.3 is 0 Å². The molecule has 0 atom stereocenters. The average Bonchev–Trinajstić information content (AvgIpc) is 3.41. The molecule has 7 rings (SSSR count). The second-order valence-electron chi connectivity index (χ2n) is 10.1. The van der Waals surface area contributed by atoms with Crippen molar-refractivity contribution in [3.8, 4) is 11.5 Å². The third-order valence-corrected chi connectivity index (χ3v) is 8.94. The highest BCUT2D eigenvalue weighted by Gasteiger charge is 2.29. The van der Waals surface area contributed by atoms with E-state index in [0.29, 0.717) is 11.5 Å². The Kier molecular flexibility index (Phi) is 6.73. The van der Waals surface area contributed by atoms with Gasteiger partial charge in [-0.15, -0.1) is 11.3 Å². The molecule has 41 heavy (non-hydrogen) atoms. The number of thiazole rings is 1. The molecule has 1 aromatic heterocycles. The highest BCUT2D eigenvalue weighted by Crippen LogP contribution is 2.39. The van der Waals surface area contributed by atoms with Crippen molar-refractivity contribution in [2.24, 2.45) is 4.99 Å². The van der Waals surface area contributed by atoms with Crippen LogP contribution in [-0.2, 0) is 13.1 Å². The topological polar surface area (TPSA) is 50.2 Å². The molecule has 0 saturated heterocycles. The maximum atomic E-state index is 5.41. The molecule has 0 aliphatic carbocycles. The van der Waals surface area contributed by atoms with Crippen LogP contribution < -0.4 is 19.3 Å². The lowest BCUT2D eigenvalue weighted by Gasteiger charge is -2.44. The summed E-state index contributed by atoms with van der Waals surface area (Å²) < 4.78 is 13.0. The number of nitrogens with zero attached hydrogens (tertiary/aromatic N) is 4. The van der Waals surface area contributed by atoms with Crippen molar-refractivity contribution in [1.29, 1.82) is 0 Å². The minimum Gasteiger partial charge on any atom is -0.493 e. The zero-order valence-electron chi connectivity index (χ0n) is 22.7. The maximum Gasteiger partial charge on any atom is 0.161 e. The van der Waals surface area contributed by atoms with Crippen molar-refractivity contribution >= 4 is 72.9 Å². The van der Waals surface area contributed by atoms with E-state index < -0.39 is 0 Å². The molecule has 0 fully saturated rings. The molecule has 0 amide bonds. The van der Waals surface area contributed by atoms with Crippen LogP contribution in [0.25, 0.3) is 22.4 Å². The van der Waals surface area contributed by atoms with Gasteiger partial charge in [0.05, 0.1) is 36.8 Å². The van der Waals surface area contributed by atoms with E-state index in [1.807, 2.05) is 48.7 Å². The van der Waals surface area contributed by atoms with E-state index in [1.54, 1.807) is 25.6 Å². The van der Waals surface area contributed by atoms with E-state index >= 15 is 0 Å². The number of benzene rings is 4. The van der Waals surface area contributed by atoms with Crippen molar-refractivity contribution in [2.75, 3.05) is 30.7 Å². The van der Waals surface area contributed by atoms with Crippen molar-refractivity contribution in [1.82, 2.24) is 4.98 Å². The predicted molar refractivity (Wildman–Crippen MR) is 173 cm³/mol. The monoisotopic (exact) mass is 622 g/mol. The van der Waals surface area contributed by atoms with E-state index in [4.69, 9.17) is 19.5 Å². The number of fused-ring (bicyclic) bond motifs is 7. The molecular weight excluding hydrogens is 596 g/mol. The number of methoxy groups -OCH3 is 2. The van der Waals surface area contributed by atoms with Crippen LogP contribution in [0.5, 0.6) is 11.5 Å². The van der Waals surface area contributed by atoms with Gasteiger partial charge in [0.25, 0.3) is 0 Å². The van der Waals surface area contributed by atoms with Crippen LogP contribution >= 0.6 is 27.3 Å². The Morgan fingerprint density at radius 2 is 1.56 bits per heavy atom. The van der Waals surface area contributed by atoms with Gasteiger partial charge in [0.15, 0.2) is 11.5 Å². The predicted octanol–water partition coefficient (Wildman–Crippen LogP) is 8.29.